The van der Waals surface area contributed by atoms with Crippen LogP contribution in [0.1, 0.15) is 56.8 Å². The second-order valence-corrected chi connectivity index (χ2v) is 10.0. The van der Waals surface area contributed by atoms with E-state index in [9.17, 15) is 32.3 Å². The summed E-state index contributed by atoms with van der Waals surface area (Å²) < 4.78 is 45.4. The third-order valence-electron chi connectivity index (χ3n) is 6.72. The number of ketones is 1. The number of alkyl halides is 3. The van der Waals surface area contributed by atoms with E-state index in [1.165, 1.54) is 69.5 Å². The van der Waals surface area contributed by atoms with Crippen molar-refractivity contribution in [2.75, 3.05) is 12.0 Å². The van der Waals surface area contributed by atoms with Gasteiger partial charge in [0.25, 0.3) is 5.91 Å². The minimum Gasteiger partial charge on any atom is -0.465 e. The number of imide groups is 1. The topological polar surface area (TPSA) is 108 Å². The van der Waals surface area contributed by atoms with E-state index in [1.807, 2.05) is 0 Å². The number of carbonyl (C=O) groups is 4. The van der Waals surface area contributed by atoms with Gasteiger partial charge < -0.3 is 9.64 Å². The molecule has 1 heterocycles. The summed E-state index contributed by atoms with van der Waals surface area (Å²) in [4.78, 5) is 53.8. The molecular weight excluding hydrogens is 563 g/mol. The zero-order valence-corrected chi connectivity index (χ0v) is 22.6. The number of nitriles is 1. The summed E-state index contributed by atoms with van der Waals surface area (Å²) in [6, 6.07) is 13.2. The number of ether oxygens (including phenoxy) is 1. The van der Waals surface area contributed by atoms with Crippen molar-refractivity contribution in [2.45, 2.75) is 32.1 Å². The van der Waals surface area contributed by atoms with Crippen molar-refractivity contribution in [1.29, 1.82) is 5.26 Å². The number of esters is 1. The first kappa shape index (κ1) is 29.3. The molecule has 0 atom stereocenters. The number of methoxy groups -OCH3 is 1. The Morgan fingerprint density at radius 2 is 1.63 bits per heavy atom. The van der Waals surface area contributed by atoms with Crippen molar-refractivity contribution in [2.24, 2.45) is 0 Å². The minimum absolute atomic E-state index is 0.160. The first-order valence-corrected chi connectivity index (χ1v) is 12.4. The average Bonchev–Trinajstić information content (AvgIpc) is 3.10. The van der Waals surface area contributed by atoms with Crippen molar-refractivity contribution in [3.05, 3.63) is 99.1 Å². The fourth-order valence-electron chi connectivity index (χ4n) is 4.45. The molecule has 0 radical (unpaired) electrons. The predicted octanol–water partition coefficient (Wildman–Crippen LogP) is 6.00. The largest absolute Gasteiger partial charge is 0.465 e. The Hall–Kier alpha value is -4.69. The number of halogens is 4. The third kappa shape index (κ3) is 5.38. The summed E-state index contributed by atoms with van der Waals surface area (Å²) >= 11 is 6.20. The highest BCUT2D eigenvalue weighted by Gasteiger charge is 2.52. The normalized spacial score (nSPS) is 14.7. The molecule has 1 aliphatic rings. The molecule has 3 aromatic carbocycles. The maximum atomic E-state index is 13.6. The number of rotatable bonds is 6. The molecule has 12 heteroatoms. The van der Waals surface area contributed by atoms with E-state index in [2.05, 4.69) is 4.74 Å². The van der Waals surface area contributed by atoms with Crippen LogP contribution in [-0.4, -0.2) is 41.2 Å². The molecule has 4 rings (SSSR count). The second kappa shape index (κ2) is 10.7. The van der Waals surface area contributed by atoms with E-state index in [-0.39, 0.29) is 39.5 Å². The van der Waals surface area contributed by atoms with Crippen LogP contribution in [0.15, 0.2) is 60.7 Å². The van der Waals surface area contributed by atoms with Gasteiger partial charge in [-0.3, -0.25) is 9.59 Å². The van der Waals surface area contributed by atoms with Crippen molar-refractivity contribution in [3.8, 4) is 6.07 Å². The number of hydrogen-bond donors (Lipinski definition) is 0. The summed E-state index contributed by atoms with van der Waals surface area (Å²) in [5.74, 6) is -1.83. The van der Waals surface area contributed by atoms with Crippen LogP contribution in [0, 0.1) is 11.3 Å². The SMILES string of the molecule is COC(=O)c1ccc(C(=O)c2ccc(Cl)cc2CN2C(=O)N(c3ccc(C#N)c(C(F)(F)F)c3)C(=O)C2(C)C)cc1. The molecule has 3 aromatic rings. The standard InChI is InChI=1S/C29H21ClF3N3O5/c1-28(2)26(39)36(21-10-8-18(14-34)23(13-21)29(31,32)33)27(40)35(28)15-19-12-20(30)9-11-22(19)24(37)16-4-6-17(7-5-16)25(38)41-3/h4-13H,15H2,1-3H3. The smallest absolute Gasteiger partial charge is 0.417 e. The van der Waals surface area contributed by atoms with Gasteiger partial charge in [-0.1, -0.05) is 23.7 Å². The summed E-state index contributed by atoms with van der Waals surface area (Å²) in [7, 11) is 1.23. The van der Waals surface area contributed by atoms with E-state index in [1.54, 1.807) is 0 Å². The van der Waals surface area contributed by atoms with Crippen LogP contribution < -0.4 is 4.90 Å². The molecule has 41 heavy (non-hydrogen) atoms. The van der Waals surface area contributed by atoms with Gasteiger partial charge in [0, 0.05) is 22.7 Å². The van der Waals surface area contributed by atoms with Gasteiger partial charge in [0.05, 0.1) is 35.6 Å². The highest BCUT2D eigenvalue weighted by Crippen LogP contribution is 2.38. The number of nitrogens with zero attached hydrogens (tertiary/aromatic N) is 3. The first-order chi connectivity index (χ1) is 19.2. The lowest BCUT2D eigenvalue weighted by Gasteiger charge is -2.28. The lowest BCUT2D eigenvalue weighted by Crippen LogP contribution is -2.43. The number of amides is 3. The zero-order valence-electron chi connectivity index (χ0n) is 21.9. The molecule has 0 spiro atoms. The predicted molar refractivity (Wildman–Crippen MR) is 141 cm³/mol. The lowest BCUT2D eigenvalue weighted by atomic mass is 9.96. The fraction of sp³-hybridized carbons (Fsp3) is 0.207. The Kier molecular flexibility index (Phi) is 7.65. The Balaban J connectivity index is 1.71. The third-order valence-corrected chi connectivity index (χ3v) is 6.95. The second-order valence-electron chi connectivity index (χ2n) is 9.61. The van der Waals surface area contributed by atoms with Crippen LogP contribution in [-0.2, 0) is 22.3 Å². The molecule has 0 unspecified atom stereocenters. The molecule has 8 nitrogen and oxygen atoms in total. The Morgan fingerprint density at radius 3 is 2.22 bits per heavy atom. The lowest BCUT2D eigenvalue weighted by molar-refractivity contribution is -0.137. The first-order valence-electron chi connectivity index (χ1n) is 12.0. The average molecular weight is 584 g/mol. The van der Waals surface area contributed by atoms with Gasteiger partial charge in [-0.15, -0.1) is 0 Å². The van der Waals surface area contributed by atoms with Gasteiger partial charge in [-0.05, 0) is 67.9 Å². The summed E-state index contributed by atoms with van der Waals surface area (Å²) in [5.41, 5.74) is -2.90. The minimum atomic E-state index is -4.90. The molecule has 0 saturated carbocycles. The van der Waals surface area contributed by atoms with Gasteiger partial charge in [0.1, 0.15) is 5.54 Å². The maximum Gasteiger partial charge on any atom is 0.417 e. The quantitative estimate of drug-likeness (QED) is 0.200. The summed E-state index contributed by atoms with van der Waals surface area (Å²) in [6.45, 7) is 2.58. The Labute approximate surface area is 237 Å². The van der Waals surface area contributed by atoms with Gasteiger partial charge in [-0.25, -0.2) is 14.5 Å². The van der Waals surface area contributed by atoms with E-state index in [0.29, 0.717) is 11.0 Å². The van der Waals surface area contributed by atoms with Gasteiger partial charge in [0.2, 0.25) is 0 Å². The molecule has 3 amide bonds. The highest BCUT2D eigenvalue weighted by molar-refractivity contribution is 6.31. The molecule has 0 N–H and O–H groups in total. The molecule has 1 aliphatic heterocycles. The maximum absolute atomic E-state index is 13.6. The molecule has 1 fully saturated rings. The molecular formula is C29H21ClF3N3O5. The van der Waals surface area contributed by atoms with Crippen LogP contribution in [0.4, 0.5) is 23.7 Å². The van der Waals surface area contributed by atoms with Crippen LogP contribution in [0.3, 0.4) is 0 Å². The van der Waals surface area contributed by atoms with Crippen LogP contribution in [0.25, 0.3) is 0 Å². The van der Waals surface area contributed by atoms with Crippen molar-refractivity contribution in [3.63, 3.8) is 0 Å². The number of carbonyl (C=O) groups excluding carboxylic acids is 4. The van der Waals surface area contributed by atoms with Crippen molar-refractivity contribution >= 4 is 41.0 Å². The van der Waals surface area contributed by atoms with Gasteiger partial charge in [0.15, 0.2) is 5.78 Å². The monoisotopic (exact) mass is 583 g/mol. The molecule has 0 aromatic heterocycles. The van der Waals surface area contributed by atoms with E-state index >= 15 is 0 Å². The van der Waals surface area contributed by atoms with E-state index < -0.39 is 46.5 Å². The van der Waals surface area contributed by atoms with Gasteiger partial charge in [-0.2, -0.15) is 18.4 Å². The number of benzene rings is 3. The van der Waals surface area contributed by atoms with Crippen LogP contribution in [0.5, 0.6) is 0 Å². The molecule has 0 aliphatic carbocycles. The van der Waals surface area contributed by atoms with Crippen molar-refractivity contribution in [1.82, 2.24) is 4.90 Å². The van der Waals surface area contributed by atoms with Crippen LogP contribution >= 0.6 is 11.6 Å². The zero-order chi connectivity index (χ0) is 30.3. The van der Waals surface area contributed by atoms with Crippen LogP contribution in [0.2, 0.25) is 5.02 Å². The summed E-state index contributed by atoms with van der Waals surface area (Å²) in [6.07, 6.45) is -4.90. The van der Waals surface area contributed by atoms with E-state index in [4.69, 9.17) is 16.9 Å². The number of anilines is 1. The molecule has 210 valence electrons. The summed E-state index contributed by atoms with van der Waals surface area (Å²) in [5, 5.41) is 9.33. The number of urea groups is 1. The Morgan fingerprint density at radius 1 is 1.00 bits per heavy atom. The van der Waals surface area contributed by atoms with E-state index in [0.717, 1.165) is 17.0 Å². The highest BCUT2D eigenvalue weighted by atomic mass is 35.5. The van der Waals surface area contributed by atoms with Crippen molar-refractivity contribution < 1.29 is 37.1 Å². The molecule has 0 bridgehead atoms. The molecule has 1 saturated heterocycles. The van der Waals surface area contributed by atoms with Gasteiger partial charge >= 0.3 is 18.2 Å². The number of hydrogen-bond acceptors (Lipinski definition) is 6. The fourth-order valence-corrected chi connectivity index (χ4v) is 4.64. The Bertz CT molecular complexity index is 1630.